The first-order valence-corrected chi connectivity index (χ1v) is 6.63. The minimum absolute atomic E-state index is 0.306. The third kappa shape index (κ3) is 3.43. The number of aliphatic hydroxyl groups excluding tert-OH is 1. The number of hydrogen-bond acceptors (Lipinski definition) is 4. The van der Waals surface area contributed by atoms with Crippen LogP contribution < -0.4 is 4.90 Å². The number of hydrogen-bond donors (Lipinski definition) is 1. The fourth-order valence-electron chi connectivity index (χ4n) is 2.25. The summed E-state index contributed by atoms with van der Waals surface area (Å²) in [6, 6.07) is 3.78. The molecule has 18 heavy (non-hydrogen) atoms. The largest absolute Gasteiger partial charge is 0.389 e. The number of rotatable bonds is 4. The van der Waals surface area contributed by atoms with Gasteiger partial charge in [0.2, 0.25) is 0 Å². The Bertz CT molecular complexity index is 376. The maximum Gasteiger partial charge on any atom is 0.128 e. The molecule has 1 aliphatic heterocycles. The van der Waals surface area contributed by atoms with Crippen LogP contribution in [0.5, 0.6) is 0 Å². The second kappa shape index (κ2) is 6.16. The highest BCUT2D eigenvalue weighted by atomic mass is 16.5. The van der Waals surface area contributed by atoms with Crippen LogP contribution in [0.3, 0.4) is 0 Å². The maximum absolute atomic E-state index is 9.58. The lowest BCUT2D eigenvalue weighted by molar-refractivity contribution is 0.0215. The quantitative estimate of drug-likeness (QED) is 0.889. The minimum Gasteiger partial charge on any atom is -0.389 e. The Kier molecular flexibility index (Phi) is 4.55. The van der Waals surface area contributed by atoms with E-state index < -0.39 is 6.10 Å². The maximum atomic E-state index is 9.58. The van der Waals surface area contributed by atoms with Gasteiger partial charge in [0.15, 0.2) is 0 Å². The van der Waals surface area contributed by atoms with Gasteiger partial charge in [0, 0.05) is 26.4 Å². The van der Waals surface area contributed by atoms with Crippen molar-refractivity contribution in [2.45, 2.75) is 38.4 Å². The van der Waals surface area contributed by atoms with E-state index in [-0.39, 0.29) is 0 Å². The van der Waals surface area contributed by atoms with Gasteiger partial charge in [-0.2, -0.15) is 0 Å². The van der Waals surface area contributed by atoms with Gasteiger partial charge in [0.05, 0.1) is 12.2 Å². The molecule has 100 valence electrons. The highest BCUT2D eigenvalue weighted by Crippen LogP contribution is 2.19. The van der Waals surface area contributed by atoms with Crippen LogP contribution in [-0.2, 0) is 4.74 Å². The number of aromatic nitrogens is 1. The molecule has 0 amide bonds. The third-order valence-electron chi connectivity index (χ3n) is 3.39. The van der Waals surface area contributed by atoms with Gasteiger partial charge in [-0.05, 0) is 43.9 Å². The van der Waals surface area contributed by atoms with E-state index in [0.29, 0.717) is 6.10 Å². The number of likely N-dealkylation sites (N-methyl/N-ethyl adjacent to an activating group) is 1. The van der Waals surface area contributed by atoms with Gasteiger partial charge in [0.1, 0.15) is 5.82 Å². The molecule has 1 saturated heterocycles. The van der Waals surface area contributed by atoms with Crippen molar-refractivity contribution in [1.82, 2.24) is 4.98 Å². The van der Waals surface area contributed by atoms with Crippen molar-refractivity contribution in [2.75, 3.05) is 25.1 Å². The van der Waals surface area contributed by atoms with Gasteiger partial charge in [0.25, 0.3) is 0 Å². The smallest absolute Gasteiger partial charge is 0.128 e. The van der Waals surface area contributed by atoms with E-state index in [1.165, 1.54) is 12.8 Å². The molecule has 0 bridgehead atoms. The summed E-state index contributed by atoms with van der Waals surface area (Å²) in [5, 5.41) is 9.58. The van der Waals surface area contributed by atoms with E-state index in [1.807, 2.05) is 19.2 Å². The van der Waals surface area contributed by atoms with Crippen molar-refractivity contribution in [3.8, 4) is 0 Å². The highest BCUT2D eigenvalue weighted by Gasteiger charge is 2.17. The summed E-state index contributed by atoms with van der Waals surface area (Å²) < 4.78 is 5.73. The van der Waals surface area contributed by atoms with Crippen LogP contribution in [0.25, 0.3) is 0 Å². The van der Waals surface area contributed by atoms with E-state index in [9.17, 15) is 5.11 Å². The Labute approximate surface area is 109 Å². The molecule has 1 aliphatic rings. The molecule has 0 saturated carbocycles. The topological polar surface area (TPSA) is 45.6 Å². The van der Waals surface area contributed by atoms with Crippen molar-refractivity contribution >= 4 is 5.82 Å². The van der Waals surface area contributed by atoms with Gasteiger partial charge in [-0.15, -0.1) is 0 Å². The zero-order valence-corrected chi connectivity index (χ0v) is 11.2. The minimum atomic E-state index is -0.453. The molecule has 4 nitrogen and oxygen atoms in total. The monoisotopic (exact) mass is 250 g/mol. The van der Waals surface area contributed by atoms with Crippen LogP contribution in [0.15, 0.2) is 18.3 Å². The van der Waals surface area contributed by atoms with Gasteiger partial charge in [-0.1, -0.05) is 0 Å². The average Bonchev–Trinajstić information content (AvgIpc) is 2.40. The molecule has 1 unspecified atom stereocenters. The van der Waals surface area contributed by atoms with Crippen LogP contribution in [0.4, 0.5) is 5.82 Å². The Balaban J connectivity index is 1.99. The Morgan fingerprint density at radius 2 is 2.39 bits per heavy atom. The number of anilines is 1. The Hall–Kier alpha value is -1.13. The molecule has 1 aromatic heterocycles. The van der Waals surface area contributed by atoms with Crippen LogP contribution in [0.1, 0.15) is 37.9 Å². The Morgan fingerprint density at radius 3 is 3.06 bits per heavy atom. The third-order valence-corrected chi connectivity index (χ3v) is 3.39. The lowest BCUT2D eigenvalue weighted by Gasteiger charge is -2.28. The molecule has 1 aromatic rings. The van der Waals surface area contributed by atoms with Crippen LogP contribution in [0.2, 0.25) is 0 Å². The summed E-state index contributed by atoms with van der Waals surface area (Å²) in [6.07, 6.45) is 5.15. The van der Waals surface area contributed by atoms with Crippen molar-refractivity contribution in [1.29, 1.82) is 0 Å². The summed E-state index contributed by atoms with van der Waals surface area (Å²) in [4.78, 5) is 6.45. The first-order chi connectivity index (χ1) is 8.66. The number of ether oxygens (including phenoxy) is 1. The Morgan fingerprint density at radius 1 is 1.56 bits per heavy atom. The standard InChI is InChI=1S/C14H22N2O2/c1-11(17)12-6-7-15-14(9-12)16(2)10-13-5-3-4-8-18-13/h6-7,9,11,13,17H,3-5,8,10H2,1-2H3/t11-,13?/m1/s1. The molecule has 2 heterocycles. The van der Waals surface area contributed by atoms with Crippen LogP contribution in [0, 0.1) is 0 Å². The predicted octanol–water partition coefficient (Wildman–Crippen LogP) is 2.14. The molecule has 2 rings (SSSR count). The summed E-state index contributed by atoms with van der Waals surface area (Å²) in [6.45, 7) is 3.50. The second-order valence-corrected chi connectivity index (χ2v) is 4.99. The molecule has 1 fully saturated rings. The van der Waals surface area contributed by atoms with Gasteiger partial charge >= 0.3 is 0 Å². The summed E-state index contributed by atoms with van der Waals surface area (Å²) >= 11 is 0. The van der Waals surface area contributed by atoms with Crippen LogP contribution in [-0.4, -0.2) is 36.4 Å². The van der Waals surface area contributed by atoms with Crippen LogP contribution >= 0.6 is 0 Å². The molecule has 2 atom stereocenters. The van der Waals surface area contributed by atoms with E-state index in [1.54, 1.807) is 13.1 Å². The van der Waals surface area contributed by atoms with E-state index in [2.05, 4.69) is 9.88 Å². The van der Waals surface area contributed by atoms with Crippen molar-refractivity contribution in [3.05, 3.63) is 23.9 Å². The SMILES string of the molecule is C[C@@H](O)c1ccnc(N(C)CC2CCCCO2)c1. The highest BCUT2D eigenvalue weighted by molar-refractivity contribution is 5.40. The second-order valence-electron chi connectivity index (χ2n) is 4.99. The first kappa shape index (κ1) is 13.3. The number of nitrogens with zero attached hydrogens (tertiary/aromatic N) is 2. The molecule has 4 heteroatoms. The molecule has 0 aliphatic carbocycles. The molecule has 0 spiro atoms. The first-order valence-electron chi connectivity index (χ1n) is 6.63. The van der Waals surface area contributed by atoms with Gasteiger partial charge < -0.3 is 14.7 Å². The fraction of sp³-hybridized carbons (Fsp3) is 0.643. The van der Waals surface area contributed by atoms with Crippen molar-refractivity contribution < 1.29 is 9.84 Å². The van der Waals surface area contributed by atoms with E-state index in [0.717, 1.165) is 31.0 Å². The predicted molar refractivity (Wildman–Crippen MR) is 71.7 cm³/mol. The summed E-state index contributed by atoms with van der Waals surface area (Å²) in [5.41, 5.74) is 0.899. The van der Waals surface area contributed by atoms with Gasteiger partial charge in [-0.3, -0.25) is 0 Å². The summed E-state index contributed by atoms with van der Waals surface area (Å²) in [7, 11) is 2.02. The van der Waals surface area contributed by atoms with E-state index in [4.69, 9.17) is 4.74 Å². The van der Waals surface area contributed by atoms with E-state index >= 15 is 0 Å². The molecule has 0 radical (unpaired) electrons. The zero-order chi connectivity index (χ0) is 13.0. The van der Waals surface area contributed by atoms with Gasteiger partial charge in [-0.25, -0.2) is 4.98 Å². The number of pyridine rings is 1. The van der Waals surface area contributed by atoms with Crippen molar-refractivity contribution in [3.63, 3.8) is 0 Å². The molecular formula is C14H22N2O2. The lowest BCUT2D eigenvalue weighted by Crippen LogP contribution is -2.33. The fourth-order valence-corrected chi connectivity index (χ4v) is 2.25. The molecule has 1 N–H and O–H groups in total. The van der Waals surface area contributed by atoms with Crippen molar-refractivity contribution in [2.24, 2.45) is 0 Å². The average molecular weight is 250 g/mol. The normalized spacial score (nSPS) is 21.6. The number of aliphatic hydroxyl groups is 1. The zero-order valence-electron chi connectivity index (χ0n) is 11.2. The molecule has 0 aromatic carbocycles. The lowest BCUT2D eigenvalue weighted by atomic mass is 10.1. The summed E-state index contributed by atoms with van der Waals surface area (Å²) in [5.74, 6) is 0.891. The molecular weight excluding hydrogens is 228 g/mol.